The van der Waals surface area contributed by atoms with Gasteiger partial charge in [-0.3, -0.25) is 34.0 Å². The summed E-state index contributed by atoms with van der Waals surface area (Å²) >= 11 is 1.84. The van der Waals surface area contributed by atoms with E-state index in [1.54, 1.807) is 12.1 Å². The number of hydrogen-bond acceptors (Lipinski definition) is 15. The van der Waals surface area contributed by atoms with Crippen LogP contribution in [0.2, 0.25) is 0 Å². The lowest BCUT2D eigenvalue weighted by Gasteiger charge is -2.19. The summed E-state index contributed by atoms with van der Waals surface area (Å²) in [5.41, 5.74) is 10.2. The van der Waals surface area contributed by atoms with Crippen LogP contribution < -0.4 is 32.0 Å². The molecule has 1 aromatic carbocycles. The van der Waals surface area contributed by atoms with Crippen molar-refractivity contribution in [1.82, 2.24) is 31.6 Å². The molecule has 308 valence electrons. The number of hydrogen-bond donors (Lipinski definition) is 8. The fourth-order valence-electron chi connectivity index (χ4n) is 5.98. The Kier molecular flexibility index (Phi) is 17.5. The Hall–Kier alpha value is -4.13. The fraction of sp³-hybridized carbons (Fsp3) is 0.594. The van der Waals surface area contributed by atoms with E-state index in [0.717, 1.165) is 25.0 Å². The van der Waals surface area contributed by atoms with Gasteiger partial charge in [0, 0.05) is 47.6 Å². The second-order valence-electron chi connectivity index (χ2n) is 12.9. The number of rotatable bonds is 24. The number of fused-ring (bicyclic) bond motifs is 1. The van der Waals surface area contributed by atoms with Crippen LogP contribution in [-0.2, 0) is 38.9 Å². The highest BCUT2D eigenvalue weighted by Gasteiger charge is 2.48. The summed E-state index contributed by atoms with van der Waals surface area (Å²) in [4.78, 5) is 90.8. The number of amides is 7. The average molecular weight is 860 g/mol. The molecule has 1 aromatic rings. The lowest BCUT2D eigenvalue weighted by molar-refractivity contribution is -0.197. The Bertz CT molecular complexity index is 1720. The number of unbranched alkanes of at least 4 members (excludes halogenated alkanes) is 2. The van der Waals surface area contributed by atoms with E-state index in [0.29, 0.717) is 54.5 Å². The third-order valence-electron chi connectivity index (χ3n) is 8.85. The van der Waals surface area contributed by atoms with Crippen LogP contribution in [0.25, 0.3) is 0 Å². The molecule has 0 aromatic heterocycles. The maximum absolute atomic E-state index is 13.2. The Labute approximate surface area is 335 Å². The van der Waals surface area contributed by atoms with Gasteiger partial charge in [-0.1, -0.05) is 33.2 Å². The Balaban J connectivity index is 1.13. The molecule has 20 nitrogen and oxygen atoms in total. The molecule has 8 N–H and O–H groups in total. The minimum atomic E-state index is -4.83. The van der Waals surface area contributed by atoms with Gasteiger partial charge in [0.1, 0.15) is 6.04 Å². The number of carbonyl (C=O) groups is 7. The van der Waals surface area contributed by atoms with Gasteiger partial charge in [-0.15, -0.1) is 5.06 Å². The molecule has 7 amide bonds. The van der Waals surface area contributed by atoms with Gasteiger partial charge in [0.25, 0.3) is 27.8 Å². The second kappa shape index (κ2) is 22.0. The number of benzene rings is 1. The molecular weight excluding hydrogens is 815 g/mol. The fourth-order valence-corrected chi connectivity index (χ4v) is 10.1. The van der Waals surface area contributed by atoms with E-state index in [-0.39, 0.29) is 47.8 Å². The quantitative estimate of drug-likeness (QED) is 0.0139. The molecule has 0 saturated carbocycles. The number of carbonyl (C=O) groups excluding carboxylic acids is 7. The Morgan fingerprint density at radius 2 is 1.75 bits per heavy atom. The third-order valence-corrected chi connectivity index (χ3v) is 13.9. The molecule has 0 radical (unpaired) electrons. The number of thioether (sulfide) groups is 1. The van der Waals surface area contributed by atoms with Crippen molar-refractivity contribution < 1.29 is 51.4 Å². The zero-order valence-electron chi connectivity index (χ0n) is 30.2. The van der Waals surface area contributed by atoms with Gasteiger partial charge in [-0.25, -0.2) is 9.59 Å². The van der Waals surface area contributed by atoms with Crippen molar-refractivity contribution in [3.05, 3.63) is 29.8 Å². The molecule has 0 bridgehead atoms. The third kappa shape index (κ3) is 13.8. The lowest BCUT2D eigenvalue weighted by Crippen LogP contribution is -2.47. The SMILES string of the molecule is N=NNc1ccc(C(=O)NC(CCCCNC(=O)CCCCC2SCC3NC(=O)NC32)C(=O)NCCSSCCC(=O)ON2C(=O)CC(S(=O)(=O)O)C2=O)cc1. The van der Waals surface area contributed by atoms with Gasteiger partial charge in [-0.05, 0) is 56.4 Å². The minimum Gasteiger partial charge on any atom is -0.356 e. The first-order valence-electron chi connectivity index (χ1n) is 17.8. The van der Waals surface area contributed by atoms with Gasteiger partial charge in [0.15, 0.2) is 5.25 Å². The van der Waals surface area contributed by atoms with Gasteiger partial charge in [0.2, 0.25) is 11.8 Å². The first-order chi connectivity index (χ1) is 26.8. The molecule has 3 heterocycles. The van der Waals surface area contributed by atoms with E-state index < -0.39 is 57.4 Å². The van der Waals surface area contributed by atoms with E-state index in [1.165, 1.54) is 33.7 Å². The van der Waals surface area contributed by atoms with Crippen molar-refractivity contribution in [2.24, 2.45) is 5.22 Å². The summed E-state index contributed by atoms with van der Waals surface area (Å²) in [6.07, 6.45) is 3.28. The van der Waals surface area contributed by atoms with Crippen molar-refractivity contribution in [2.45, 2.75) is 86.4 Å². The van der Waals surface area contributed by atoms with Gasteiger partial charge >= 0.3 is 12.0 Å². The molecule has 0 aliphatic carbocycles. The highest BCUT2D eigenvalue weighted by molar-refractivity contribution is 8.76. The molecule has 3 aliphatic rings. The summed E-state index contributed by atoms with van der Waals surface area (Å²) in [5, 5.41) is 15.8. The molecule has 4 rings (SSSR count). The Morgan fingerprint density at radius 1 is 1.00 bits per heavy atom. The summed E-state index contributed by atoms with van der Waals surface area (Å²) in [6.45, 7) is 0.633. The van der Waals surface area contributed by atoms with E-state index >= 15 is 0 Å². The first kappa shape index (κ1) is 44.6. The largest absolute Gasteiger partial charge is 0.356 e. The predicted molar refractivity (Wildman–Crippen MR) is 208 cm³/mol. The van der Waals surface area contributed by atoms with Crippen molar-refractivity contribution in [3.63, 3.8) is 0 Å². The number of anilines is 1. The second-order valence-corrected chi connectivity index (χ2v) is 18.5. The zero-order chi connectivity index (χ0) is 40.7. The summed E-state index contributed by atoms with van der Waals surface area (Å²) in [5.74, 6) is -2.79. The topological polar surface area (TPSA) is 295 Å². The van der Waals surface area contributed by atoms with Crippen LogP contribution in [0.1, 0.15) is 68.1 Å². The Morgan fingerprint density at radius 3 is 2.46 bits per heavy atom. The van der Waals surface area contributed by atoms with E-state index in [1.807, 2.05) is 11.8 Å². The normalized spacial score (nSPS) is 20.7. The van der Waals surface area contributed by atoms with Crippen LogP contribution in [0, 0.1) is 5.53 Å². The number of hydroxylamine groups is 2. The van der Waals surface area contributed by atoms with Crippen LogP contribution in [-0.4, -0.2) is 119 Å². The number of nitrogens with one attached hydrogen (secondary N) is 7. The number of imide groups is 1. The molecule has 3 fully saturated rings. The number of nitrogens with zero attached hydrogens (tertiary/aromatic N) is 2. The standard InChI is InChI=1S/C32H45N9O11S4/c33-40-39-20-10-8-19(9-11-20)29(45)36-21(5-3-4-13-34-25(42)7-2-1-6-23-28-22(18-53-23)37-32(48)38-28)30(46)35-14-16-55-54-15-12-27(44)52-41-26(43)17-24(31(41)47)56(49,50)51/h8-11,21-24,28H,1-7,12-18H2,(H2,33,39)(H,34,42)(H,35,46)(H,36,45)(H2,37,38,48)(H,49,50,51). The van der Waals surface area contributed by atoms with E-state index in [9.17, 15) is 42.0 Å². The molecular formula is C32H45N9O11S4. The van der Waals surface area contributed by atoms with Gasteiger partial charge in [0.05, 0.1) is 30.6 Å². The van der Waals surface area contributed by atoms with E-state index in [4.69, 9.17) is 14.9 Å². The maximum atomic E-state index is 13.2. The molecule has 5 unspecified atom stereocenters. The number of urea groups is 1. The lowest BCUT2D eigenvalue weighted by atomic mass is 10.0. The van der Waals surface area contributed by atoms with Gasteiger partial charge in [-0.2, -0.15) is 25.7 Å². The smallest absolute Gasteiger partial charge is 0.334 e. The maximum Gasteiger partial charge on any atom is 0.334 e. The zero-order valence-corrected chi connectivity index (χ0v) is 33.4. The molecule has 5 atom stereocenters. The monoisotopic (exact) mass is 859 g/mol. The van der Waals surface area contributed by atoms with Gasteiger partial charge < -0.3 is 31.4 Å². The van der Waals surface area contributed by atoms with Crippen molar-refractivity contribution in [3.8, 4) is 0 Å². The first-order valence-corrected chi connectivity index (χ1v) is 22.9. The van der Waals surface area contributed by atoms with Crippen LogP contribution in [0.15, 0.2) is 29.5 Å². The van der Waals surface area contributed by atoms with Crippen molar-refractivity contribution >= 4 is 90.7 Å². The molecule has 0 spiro atoms. The summed E-state index contributed by atoms with van der Waals surface area (Å²) in [6, 6.07) is 5.51. The predicted octanol–water partition coefficient (Wildman–Crippen LogP) is 1.52. The molecule has 3 saturated heterocycles. The molecule has 24 heteroatoms. The van der Waals surface area contributed by atoms with Crippen LogP contribution in [0.4, 0.5) is 10.5 Å². The van der Waals surface area contributed by atoms with Crippen LogP contribution in [0.3, 0.4) is 0 Å². The summed E-state index contributed by atoms with van der Waals surface area (Å²) < 4.78 is 31.6. The van der Waals surface area contributed by atoms with E-state index in [2.05, 4.69) is 37.2 Å². The van der Waals surface area contributed by atoms with Crippen molar-refractivity contribution in [2.75, 3.05) is 35.8 Å². The highest BCUT2D eigenvalue weighted by Crippen LogP contribution is 2.33. The summed E-state index contributed by atoms with van der Waals surface area (Å²) in [7, 11) is -2.26. The molecule has 3 aliphatic heterocycles. The highest BCUT2D eigenvalue weighted by atomic mass is 33.1. The van der Waals surface area contributed by atoms with Crippen LogP contribution >= 0.6 is 33.3 Å². The average Bonchev–Trinajstić information content (AvgIpc) is 3.80. The minimum absolute atomic E-state index is 0.0483. The van der Waals surface area contributed by atoms with Crippen molar-refractivity contribution in [1.29, 1.82) is 5.53 Å². The molecule has 56 heavy (non-hydrogen) atoms. The van der Waals surface area contributed by atoms with Crippen LogP contribution in [0.5, 0.6) is 0 Å².